The number of rotatable bonds is 6. The maximum absolute atomic E-state index is 13.3. The summed E-state index contributed by atoms with van der Waals surface area (Å²) in [4.78, 5) is 36.7. The van der Waals surface area contributed by atoms with Crippen LogP contribution in [0, 0.1) is 5.82 Å². The van der Waals surface area contributed by atoms with Gasteiger partial charge < -0.3 is 15.6 Å². The third-order valence-corrected chi connectivity index (χ3v) is 5.40. The van der Waals surface area contributed by atoms with Crippen LogP contribution in [0.3, 0.4) is 0 Å². The Morgan fingerprint density at radius 3 is 2.63 bits per heavy atom. The van der Waals surface area contributed by atoms with Gasteiger partial charge in [0.15, 0.2) is 5.69 Å². The Bertz CT molecular complexity index is 1530. The number of hydrogen-bond acceptors (Lipinski definition) is 7. The molecule has 13 heteroatoms. The molecule has 4 N–H and O–H groups in total. The van der Waals surface area contributed by atoms with Crippen molar-refractivity contribution in [3.05, 3.63) is 82.6 Å². The molecule has 35 heavy (non-hydrogen) atoms. The Morgan fingerprint density at radius 1 is 1.06 bits per heavy atom. The smallest absolute Gasteiger partial charge is 0.272 e. The third kappa shape index (κ3) is 4.54. The zero-order valence-corrected chi connectivity index (χ0v) is 18.5. The molecule has 11 nitrogen and oxygen atoms in total. The number of anilines is 1. The van der Waals surface area contributed by atoms with Crippen molar-refractivity contribution in [3.63, 3.8) is 0 Å². The lowest BCUT2D eigenvalue weighted by atomic mass is 10.1. The fraction of sp³-hybridized carbons (Fsp3) is 0.0455. The van der Waals surface area contributed by atoms with Gasteiger partial charge in [0, 0.05) is 23.9 Å². The van der Waals surface area contributed by atoms with Crippen molar-refractivity contribution in [3.8, 4) is 11.4 Å². The molecule has 0 aliphatic carbocycles. The number of H-pyrrole nitrogens is 2. The van der Waals surface area contributed by atoms with Crippen molar-refractivity contribution in [1.29, 1.82) is 0 Å². The number of aromatic nitrogens is 7. The van der Waals surface area contributed by atoms with Crippen LogP contribution in [-0.2, 0) is 6.54 Å². The average molecular weight is 492 g/mol. The molecule has 0 unspecified atom stereocenters. The maximum Gasteiger partial charge on any atom is 0.272 e. The first kappa shape index (κ1) is 22.1. The van der Waals surface area contributed by atoms with Gasteiger partial charge in [0.1, 0.15) is 17.7 Å². The highest BCUT2D eigenvalue weighted by Gasteiger charge is 2.18. The van der Waals surface area contributed by atoms with E-state index in [-0.39, 0.29) is 23.2 Å². The molecule has 0 radical (unpaired) electrons. The van der Waals surface area contributed by atoms with E-state index >= 15 is 0 Å². The number of amides is 2. The highest BCUT2D eigenvalue weighted by atomic mass is 35.5. The number of aromatic amines is 2. The van der Waals surface area contributed by atoms with Crippen LogP contribution in [0.15, 0.2) is 55.0 Å². The van der Waals surface area contributed by atoms with Crippen molar-refractivity contribution in [2.45, 2.75) is 6.54 Å². The van der Waals surface area contributed by atoms with Crippen LogP contribution in [0.1, 0.15) is 26.4 Å². The number of nitrogens with zero attached hydrogens (tertiary/aromatic N) is 5. The Kier molecular flexibility index (Phi) is 5.85. The summed E-state index contributed by atoms with van der Waals surface area (Å²) in [5.41, 5.74) is 2.92. The highest BCUT2D eigenvalue weighted by molar-refractivity contribution is 6.30. The molecule has 2 aromatic carbocycles. The highest BCUT2D eigenvalue weighted by Crippen LogP contribution is 2.24. The summed E-state index contributed by atoms with van der Waals surface area (Å²) in [6.45, 7) is 0.120. The van der Waals surface area contributed by atoms with E-state index in [2.05, 4.69) is 46.2 Å². The van der Waals surface area contributed by atoms with E-state index in [1.54, 1.807) is 24.3 Å². The second-order valence-corrected chi connectivity index (χ2v) is 7.75. The fourth-order valence-electron chi connectivity index (χ4n) is 3.37. The molecule has 5 rings (SSSR count). The minimum absolute atomic E-state index is 0.0321. The van der Waals surface area contributed by atoms with Crippen LogP contribution in [0.2, 0.25) is 5.02 Å². The first-order valence-corrected chi connectivity index (χ1v) is 10.6. The van der Waals surface area contributed by atoms with Crippen LogP contribution in [0.5, 0.6) is 0 Å². The molecule has 3 heterocycles. The zero-order chi connectivity index (χ0) is 24.4. The standard InChI is InChI=1S/C22H15ClFN9O2/c23-14-7-11(1-6-15(14)24)8-26-22(35)19-18-17(27-10-28-19)16(9-25-18)29-21(34)13-4-2-12(3-5-13)20-30-32-33-31-20/h1-7,9-10,25H,8H2,(H,26,35)(H,29,34)(H,30,31,32,33). The quantitative estimate of drug-likeness (QED) is 0.284. The number of carbonyl (C=O) groups is 2. The van der Waals surface area contributed by atoms with E-state index in [1.165, 1.54) is 30.7 Å². The topological polar surface area (TPSA) is 154 Å². The molecule has 0 saturated heterocycles. The molecule has 3 aromatic heterocycles. The number of nitrogens with one attached hydrogen (secondary N) is 4. The van der Waals surface area contributed by atoms with Gasteiger partial charge in [-0.2, -0.15) is 5.21 Å². The Hall–Kier alpha value is -4.71. The fourth-order valence-corrected chi connectivity index (χ4v) is 3.57. The van der Waals surface area contributed by atoms with Gasteiger partial charge >= 0.3 is 0 Å². The van der Waals surface area contributed by atoms with Gasteiger partial charge in [-0.3, -0.25) is 9.59 Å². The van der Waals surface area contributed by atoms with Gasteiger partial charge in [-0.1, -0.05) is 29.8 Å². The summed E-state index contributed by atoms with van der Waals surface area (Å²) in [5, 5.41) is 19.1. The van der Waals surface area contributed by atoms with Gasteiger partial charge in [-0.05, 0) is 35.0 Å². The van der Waals surface area contributed by atoms with Crippen LogP contribution in [0.4, 0.5) is 10.1 Å². The summed E-state index contributed by atoms with van der Waals surface area (Å²) < 4.78 is 13.3. The van der Waals surface area contributed by atoms with Crippen LogP contribution in [0.25, 0.3) is 22.4 Å². The average Bonchev–Trinajstić information content (AvgIpc) is 3.55. The lowest BCUT2D eigenvalue weighted by Gasteiger charge is -2.07. The van der Waals surface area contributed by atoms with Crippen molar-refractivity contribution in [2.24, 2.45) is 0 Å². The molecule has 174 valence electrons. The third-order valence-electron chi connectivity index (χ3n) is 5.11. The number of tetrazole rings is 1. The summed E-state index contributed by atoms with van der Waals surface area (Å²) in [6.07, 6.45) is 2.76. The number of benzene rings is 2. The minimum atomic E-state index is -0.539. The number of hydrogen-bond donors (Lipinski definition) is 4. The van der Waals surface area contributed by atoms with Crippen molar-refractivity contribution < 1.29 is 14.0 Å². The molecule has 5 aromatic rings. The van der Waals surface area contributed by atoms with Gasteiger partial charge in [0.05, 0.1) is 16.2 Å². The van der Waals surface area contributed by atoms with Gasteiger partial charge in [0.25, 0.3) is 11.8 Å². The van der Waals surface area contributed by atoms with Crippen molar-refractivity contribution >= 4 is 40.1 Å². The molecule has 0 aliphatic heterocycles. The summed E-state index contributed by atoms with van der Waals surface area (Å²) in [5.74, 6) is -0.972. The van der Waals surface area contributed by atoms with Gasteiger partial charge in [-0.25, -0.2) is 14.4 Å². The second kappa shape index (κ2) is 9.27. The first-order valence-electron chi connectivity index (χ1n) is 10.2. The van der Waals surface area contributed by atoms with Crippen molar-refractivity contribution in [1.82, 2.24) is 40.9 Å². The summed E-state index contributed by atoms with van der Waals surface area (Å²) in [7, 11) is 0. The summed E-state index contributed by atoms with van der Waals surface area (Å²) in [6, 6.07) is 10.8. The van der Waals surface area contributed by atoms with Gasteiger partial charge in [-0.15, -0.1) is 10.2 Å². The van der Waals surface area contributed by atoms with E-state index in [4.69, 9.17) is 11.6 Å². The molecule has 0 atom stereocenters. The molecular formula is C22H15ClFN9O2. The minimum Gasteiger partial charge on any atom is -0.356 e. The Morgan fingerprint density at radius 2 is 1.89 bits per heavy atom. The van der Waals surface area contributed by atoms with E-state index in [0.717, 1.165) is 0 Å². The number of fused-ring (bicyclic) bond motifs is 1. The Labute approximate surface area is 201 Å². The molecular weight excluding hydrogens is 477 g/mol. The van der Waals surface area contributed by atoms with Crippen molar-refractivity contribution in [2.75, 3.05) is 5.32 Å². The molecule has 0 fully saturated rings. The van der Waals surface area contributed by atoms with E-state index < -0.39 is 11.7 Å². The predicted octanol–water partition coefficient (Wildman–Crippen LogP) is 3.11. The number of halogens is 2. The van der Waals surface area contributed by atoms with E-state index in [9.17, 15) is 14.0 Å². The Balaban J connectivity index is 1.31. The largest absolute Gasteiger partial charge is 0.356 e. The normalized spacial score (nSPS) is 10.9. The first-order chi connectivity index (χ1) is 17.0. The molecule has 0 bridgehead atoms. The van der Waals surface area contributed by atoms with E-state index in [1.807, 2.05) is 0 Å². The molecule has 0 saturated carbocycles. The molecule has 0 spiro atoms. The second-order valence-electron chi connectivity index (χ2n) is 7.35. The molecule has 0 aliphatic rings. The maximum atomic E-state index is 13.3. The zero-order valence-electron chi connectivity index (χ0n) is 17.7. The van der Waals surface area contributed by atoms with Gasteiger partial charge in [0.2, 0.25) is 5.82 Å². The van der Waals surface area contributed by atoms with Crippen LogP contribution < -0.4 is 10.6 Å². The number of carbonyl (C=O) groups excluding carboxylic acids is 2. The molecule has 2 amide bonds. The monoisotopic (exact) mass is 491 g/mol. The van der Waals surface area contributed by atoms with E-state index in [0.29, 0.717) is 39.2 Å². The lowest BCUT2D eigenvalue weighted by molar-refractivity contribution is 0.0946. The summed E-state index contributed by atoms with van der Waals surface area (Å²) >= 11 is 5.79. The predicted molar refractivity (Wildman–Crippen MR) is 124 cm³/mol. The van der Waals surface area contributed by atoms with Crippen LogP contribution >= 0.6 is 11.6 Å². The SMILES string of the molecule is O=C(Nc1c[nH]c2c(C(=O)NCc3ccc(F)c(Cl)c3)ncnc12)c1ccc(-c2nn[nH]n2)cc1. The lowest BCUT2D eigenvalue weighted by Crippen LogP contribution is -2.24. The van der Waals surface area contributed by atoms with Crippen LogP contribution in [-0.4, -0.2) is 47.4 Å².